The molecule has 22 heavy (non-hydrogen) atoms. The first-order chi connectivity index (χ1) is 10.8. The van der Waals surface area contributed by atoms with Gasteiger partial charge in [-0.3, -0.25) is 9.78 Å². The van der Waals surface area contributed by atoms with Crippen molar-refractivity contribution < 1.29 is 4.79 Å². The molecule has 2 fully saturated rings. The van der Waals surface area contributed by atoms with Gasteiger partial charge in [-0.25, -0.2) is 0 Å². The zero-order chi connectivity index (χ0) is 15.4. The summed E-state index contributed by atoms with van der Waals surface area (Å²) in [6.45, 7) is 2.14. The van der Waals surface area contributed by atoms with Gasteiger partial charge in [-0.1, -0.05) is 6.07 Å². The first kappa shape index (κ1) is 15.5. The number of pyridine rings is 1. The topological polar surface area (TPSA) is 36.4 Å². The number of aryl methyl sites for hydroxylation is 1. The Hall–Kier alpha value is -1.42. The molecule has 1 amide bonds. The highest BCUT2D eigenvalue weighted by Crippen LogP contribution is 2.29. The van der Waals surface area contributed by atoms with Gasteiger partial charge in [-0.15, -0.1) is 0 Å². The molecule has 120 valence electrons. The summed E-state index contributed by atoms with van der Waals surface area (Å²) in [7, 11) is 2.21. The lowest BCUT2D eigenvalue weighted by molar-refractivity contribution is -0.133. The zero-order valence-electron chi connectivity index (χ0n) is 13.6. The first-order valence-electron chi connectivity index (χ1n) is 8.65. The van der Waals surface area contributed by atoms with Crippen LogP contribution in [0.15, 0.2) is 24.4 Å². The molecule has 0 aromatic carbocycles. The number of hydrogen-bond donors (Lipinski definition) is 0. The van der Waals surface area contributed by atoms with Crippen LogP contribution in [0.2, 0.25) is 0 Å². The van der Waals surface area contributed by atoms with Gasteiger partial charge in [-0.05, 0) is 64.3 Å². The molecule has 0 aliphatic carbocycles. The summed E-state index contributed by atoms with van der Waals surface area (Å²) in [5.41, 5.74) is 1.09. The third-order valence-electron chi connectivity index (χ3n) is 5.19. The molecular formula is C18H27N3O. The van der Waals surface area contributed by atoms with Crippen LogP contribution < -0.4 is 0 Å². The van der Waals surface area contributed by atoms with Gasteiger partial charge in [0, 0.05) is 36.9 Å². The van der Waals surface area contributed by atoms with Crippen LogP contribution >= 0.6 is 0 Å². The van der Waals surface area contributed by atoms with Crippen molar-refractivity contribution >= 4 is 5.91 Å². The fourth-order valence-electron chi connectivity index (χ4n) is 4.03. The molecule has 0 bridgehead atoms. The Bertz CT molecular complexity index is 490. The summed E-state index contributed by atoms with van der Waals surface area (Å²) in [6, 6.07) is 7.02. The van der Waals surface area contributed by atoms with E-state index in [-0.39, 0.29) is 0 Å². The summed E-state index contributed by atoms with van der Waals surface area (Å²) >= 11 is 0. The summed E-state index contributed by atoms with van der Waals surface area (Å²) < 4.78 is 0. The monoisotopic (exact) mass is 301 g/mol. The van der Waals surface area contributed by atoms with Crippen molar-refractivity contribution in [3.8, 4) is 0 Å². The van der Waals surface area contributed by atoms with Crippen LogP contribution in [0.1, 0.15) is 44.2 Å². The van der Waals surface area contributed by atoms with Crippen LogP contribution in [-0.2, 0) is 11.2 Å². The Morgan fingerprint density at radius 3 is 2.77 bits per heavy atom. The van der Waals surface area contributed by atoms with Crippen molar-refractivity contribution in [2.24, 2.45) is 0 Å². The fraction of sp³-hybridized carbons (Fsp3) is 0.667. The summed E-state index contributed by atoms with van der Waals surface area (Å²) in [5.74, 6) is 0.346. The van der Waals surface area contributed by atoms with Crippen LogP contribution in [0.3, 0.4) is 0 Å². The van der Waals surface area contributed by atoms with E-state index >= 15 is 0 Å². The normalized spacial score (nSPS) is 25.8. The maximum atomic E-state index is 12.6. The van der Waals surface area contributed by atoms with Crippen LogP contribution in [0, 0.1) is 0 Å². The van der Waals surface area contributed by atoms with Crippen LogP contribution in [0.4, 0.5) is 0 Å². The van der Waals surface area contributed by atoms with E-state index in [0.717, 1.165) is 25.1 Å². The highest BCUT2D eigenvalue weighted by Gasteiger charge is 2.37. The van der Waals surface area contributed by atoms with Crippen LogP contribution in [-0.4, -0.2) is 52.9 Å². The van der Waals surface area contributed by atoms with E-state index in [0.29, 0.717) is 24.4 Å². The van der Waals surface area contributed by atoms with Gasteiger partial charge < -0.3 is 9.80 Å². The molecule has 3 rings (SSSR count). The lowest BCUT2D eigenvalue weighted by Crippen LogP contribution is -2.47. The van der Waals surface area contributed by atoms with Gasteiger partial charge >= 0.3 is 0 Å². The minimum atomic E-state index is 0.346. The summed E-state index contributed by atoms with van der Waals surface area (Å²) in [6.07, 6.45) is 9.15. The van der Waals surface area contributed by atoms with E-state index < -0.39 is 0 Å². The van der Waals surface area contributed by atoms with Crippen LogP contribution in [0.25, 0.3) is 0 Å². The molecular weight excluding hydrogens is 274 g/mol. The number of carbonyl (C=O) groups is 1. The largest absolute Gasteiger partial charge is 0.338 e. The molecule has 2 unspecified atom stereocenters. The molecule has 0 N–H and O–H groups in total. The maximum Gasteiger partial charge on any atom is 0.222 e. The third-order valence-corrected chi connectivity index (χ3v) is 5.19. The Morgan fingerprint density at radius 2 is 2.05 bits per heavy atom. The van der Waals surface area contributed by atoms with Crippen molar-refractivity contribution in [1.82, 2.24) is 14.8 Å². The van der Waals surface area contributed by atoms with Crippen molar-refractivity contribution in [3.05, 3.63) is 30.1 Å². The second-order valence-electron chi connectivity index (χ2n) is 6.66. The minimum absolute atomic E-state index is 0.346. The first-order valence-corrected chi connectivity index (χ1v) is 8.65. The molecule has 2 aliphatic rings. The van der Waals surface area contributed by atoms with Gasteiger partial charge in [0.1, 0.15) is 0 Å². The van der Waals surface area contributed by atoms with E-state index in [1.807, 2.05) is 24.4 Å². The van der Waals surface area contributed by atoms with Gasteiger partial charge in [0.15, 0.2) is 0 Å². The smallest absolute Gasteiger partial charge is 0.222 e. The Morgan fingerprint density at radius 1 is 1.23 bits per heavy atom. The molecule has 0 spiro atoms. The number of rotatable bonds is 5. The van der Waals surface area contributed by atoms with Crippen molar-refractivity contribution in [2.75, 3.05) is 20.1 Å². The van der Waals surface area contributed by atoms with Gasteiger partial charge in [0.25, 0.3) is 0 Å². The van der Waals surface area contributed by atoms with Crippen LogP contribution in [0.5, 0.6) is 0 Å². The van der Waals surface area contributed by atoms with E-state index in [9.17, 15) is 4.79 Å². The molecule has 1 aromatic rings. The Labute approximate surface area is 133 Å². The Kier molecular flexibility index (Phi) is 5.08. The highest BCUT2D eigenvalue weighted by molar-refractivity contribution is 5.77. The van der Waals surface area contributed by atoms with Crippen molar-refractivity contribution in [2.45, 2.75) is 57.0 Å². The number of carbonyl (C=O) groups excluding carboxylic acids is 1. The van der Waals surface area contributed by atoms with Gasteiger partial charge in [-0.2, -0.15) is 0 Å². The summed E-state index contributed by atoms with van der Waals surface area (Å²) in [5, 5.41) is 0. The molecule has 4 heteroatoms. The molecule has 0 radical (unpaired) electrons. The van der Waals surface area contributed by atoms with E-state index in [1.54, 1.807) is 0 Å². The number of aromatic nitrogens is 1. The molecule has 3 heterocycles. The second-order valence-corrected chi connectivity index (χ2v) is 6.66. The van der Waals surface area contributed by atoms with E-state index in [1.165, 1.54) is 32.2 Å². The SMILES string of the molecule is CN1CCCC1C1CCCN1C(=O)CCCc1ccccn1. The second kappa shape index (κ2) is 7.23. The molecule has 2 atom stereocenters. The Balaban J connectivity index is 1.50. The average Bonchev–Trinajstić information content (AvgIpc) is 3.16. The van der Waals surface area contributed by atoms with Gasteiger partial charge in [0.05, 0.1) is 0 Å². The lowest BCUT2D eigenvalue weighted by atomic mass is 10.0. The molecule has 0 saturated carbocycles. The van der Waals surface area contributed by atoms with E-state index in [4.69, 9.17) is 0 Å². The standard InChI is InChI=1S/C18H27N3O/c1-20-13-5-9-16(20)17-10-6-14-21(17)18(22)11-4-8-15-7-2-3-12-19-15/h2-3,7,12,16-17H,4-6,8-11,13-14H2,1H3. The number of hydrogen-bond acceptors (Lipinski definition) is 3. The molecule has 2 aliphatic heterocycles. The highest BCUT2D eigenvalue weighted by atomic mass is 16.2. The average molecular weight is 301 g/mol. The fourth-order valence-corrected chi connectivity index (χ4v) is 4.03. The quantitative estimate of drug-likeness (QED) is 0.838. The number of likely N-dealkylation sites (N-methyl/N-ethyl adjacent to an activating group) is 1. The predicted octanol–water partition coefficient (Wildman–Crippen LogP) is 2.49. The number of likely N-dealkylation sites (tertiary alicyclic amines) is 2. The zero-order valence-corrected chi connectivity index (χ0v) is 13.6. The summed E-state index contributed by atoms with van der Waals surface area (Å²) in [4.78, 5) is 21.5. The van der Waals surface area contributed by atoms with E-state index in [2.05, 4.69) is 21.8 Å². The maximum absolute atomic E-state index is 12.6. The third kappa shape index (κ3) is 3.49. The molecule has 2 saturated heterocycles. The lowest BCUT2D eigenvalue weighted by Gasteiger charge is -2.33. The predicted molar refractivity (Wildman–Crippen MR) is 87.6 cm³/mol. The van der Waals surface area contributed by atoms with Crippen molar-refractivity contribution in [1.29, 1.82) is 0 Å². The number of amides is 1. The molecule has 4 nitrogen and oxygen atoms in total. The van der Waals surface area contributed by atoms with Gasteiger partial charge in [0.2, 0.25) is 5.91 Å². The molecule has 1 aromatic heterocycles. The van der Waals surface area contributed by atoms with Crippen molar-refractivity contribution in [3.63, 3.8) is 0 Å². The minimum Gasteiger partial charge on any atom is -0.338 e. The number of nitrogens with zero attached hydrogens (tertiary/aromatic N) is 3.